The summed E-state index contributed by atoms with van der Waals surface area (Å²) in [4.78, 5) is 25.4. The molecule has 4 N–H and O–H groups in total. The van der Waals surface area contributed by atoms with Crippen LogP contribution in [0, 0.1) is 0 Å². The lowest BCUT2D eigenvalue weighted by Gasteiger charge is -2.16. The van der Waals surface area contributed by atoms with Crippen LogP contribution in [0.3, 0.4) is 0 Å². The molecule has 1 aromatic rings. The van der Waals surface area contributed by atoms with Gasteiger partial charge in [0.05, 0.1) is 11.6 Å². The van der Waals surface area contributed by atoms with Crippen LogP contribution in [0.2, 0.25) is 0 Å². The van der Waals surface area contributed by atoms with E-state index in [0.29, 0.717) is 30.8 Å². The number of aromatic nitrogens is 1. The van der Waals surface area contributed by atoms with Crippen molar-refractivity contribution >= 4 is 17.6 Å². The second-order valence-electron chi connectivity index (χ2n) is 8.13. The summed E-state index contributed by atoms with van der Waals surface area (Å²) in [5.74, 6) is 1.13. The zero-order valence-corrected chi connectivity index (χ0v) is 17.1. The van der Waals surface area contributed by atoms with Crippen molar-refractivity contribution in [3.63, 3.8) is 0 Å². The monoisotopic (exact) mass is 384 g/mol. The zero-order chi connectivity index (χ0) is 20.3. The van der Waals surface area contributed by atoms with Gasteiger partial charge in [0.2, 0.25) is 5.91 Å². The average molecular weight is 385 g/mol. The van der Waals surface area contributed by atoms with E-state index in [1.807, 2.05) is 17.0 Å². The van der Waals surface area contributed by atoms with E-state index in [2.05, 4.69) is 35.8 Å². The molecule has 2 fully saturated rings. The molecule has 1 atom stereocenters. The topological polar surface area (TPSA) is 101 Å². The van der Waals surface area contributed by atoms with Crippen LogP contribution in [0.15, 0.2) is 29.4 Å². The summed E-state index contributed by atoms with van der Waals surface area (Å²) in [7, 11) is 2.10. The SMILES string of the molecule is CC(C)c1ccnc(N)c1C(N)=NC1CCN(C(=O)/C=C/CN(C)C2CC2)C1. The smallest absolute Gasteiger partial charge is 0.246 e. The Hall–Kier alpha value is -2.41. The standard InChI is InChI=1S/C21H32N6O/c1-14(2)17-8-10-24-20(22)19(17)21(23)25-15-9-12-27(13-15)18(28)5-4-11-26(3)16-6-7-16/h4-5,8,10,14-16H,6-7,9,11-13H2,1-3H3,(H2,22,24)(H2,23,25)/b5-4+. The number of nitrogens with zero attached hydrogens (tertiary/aromatic N) is 4. The Bertz CT molecular complexity index is 768. The molecule has 1 aromatic heterocycles. The number of nitrogens with two attached hydrogens (primary N) is 2. The van der Waals surface area contributed by atoms with Gasteiger partial charge in [0.25, 0.3) is 0 Å². The van der Waals surface area contributed by atoms with Crippen molar-refractivity contribution in [1.82, 2.24) is 14.8 Å². The van der Waals surface area contributed by atoms with E-state index < -0.39 is 0 Å². The molecule has 1 aliphatic carbocycles. The molecule has 28 heavy (non-hydrogen) atoms. The minimum atomic E-state index is -0.00824. The normalized spacial score (nSPS) is 20.7. The molecule has 1 amide bonds. The number of hydrogen-bond acceptors (Lipinski definition) is 5. The highest BCUT2D eigenvalue weighted by Gasteiger charge is 2.27. The Morgan fingerprint density at radius 2 is 2.18 bits per heavy atom. The number of pyridine rings is 1. The lowest BCUT2D eigenvalue weighted by molar-refractivity contribution is -0.125. The van der Waals surface area contributed by atoms with Gasteiger partial charge in [-0.05, 0) is 43.9 Å². The Kier molecular flexibility index (Phi) is 6.34. The minimum absolute atomic E-state index is 0.00824. The van der Waals surface area contributed by atoms with Crippen molar-refractivity contribution in [2.24, 2.45) is 10.7 Å². The molecule has 2 heterocycles. The van der Waals surface area contributed by atoms with Gasteiger partial charge in [0.1, 0.15) is 11.7 Å². The number of carbonyl (C=O) groups excluding carboxylic acids is 1. The predicted molar refractivity (Wildman–Crippen MR) is 113 cm³/mol. The van der Waals surface area contributed by atoms with E-state index in [9.17, 15) is 4.79 Å². The van der Waals surface area contributed by atoms with Crippen LogP contribution in [-0.2, 0) is 4.79 Å². The largest absolute Gasteiger partial charge is 0.383 e. The van der Waals surface area contributed by atoms with Crippen molar-refractivity contribution in [3.05, 3.63) is 35.5 Å². The van der Waals surface area contributed by atoms with Gasteiger partial charge in [-0.25, -0.2) is 4.98 Å². The first-order valence-corrected chi connectivity index (χ1v) is 10.1. The highest BCUT2D eigenvalue weighted by Crippen LogP contribution is 2.25. The number of hydrogen-bond donors (Lipinski definition) is 2. The summed E-state index contributed by atoms with van der Waals surface area (Å²) < 4.78 is 0. The van der Waals surface area contributed by atoms with Gasteiger partial charge in [0, 0.05) is 37.9 Å². The Morgan fingerprint density at radius 3 is 2.86 bits per heavy atom. The van der Waals surface area contributed by atoms with Crippen LogP contribution < -0.4 is 11.5 Å². The van der Waals surface area contributed by atoms with E-state index >= 15 is 0 Å². The Labute approximate surface area is 167 Å². The van der Waals surface area contributed by atoms with E-state index in [1.54, 1.807) is 12.3 Å². The summed E-state index contributed by atoms with van der Waals surface area (Å²) in [6, 6.07) is 2.63. The van der Waals surface area contributed by atoms with Crippen molar-refractivity contribution in [2.45, 2.75) is 51.1 Å². The summed E-state index contributed by atoms with van der Waals surface area (Å²) in [5, 5.41) is 0. The average Bonchev–Trinajstić information content (AvgIpc) is 3.40. The van der Waals surface area contributed by atoms with Gasteiger partial charge in [-0.1, -0.05) is 19.9 Å². The van der Waals surface area contributed by atoms with E-state index in [-0.39, 0.29) is 17.9 Å². The Morgan fingerprint density at radius 1 is 1.43 bits per heavy atom. The molecule has 7 heteroatoms. The molecule has 0 aromatic carbocycles. The molecule has 0 spiro atoms. The number of likely N-dealkylation sites (tertiary alicyclic amines) is 1. The summed E-state index contributed by atoms with van der Waals surface area (Å²) in [5.41, 5.74) is 14.1. The van der Waals surface area contributed by atoms with Gasteiger partial charge < -0.3 is 16.4 Å². The molecule has 2 aliphatic rings. The molecule has 1 unspecified atom stereocenters. The molecular weight excluding hydrogens is 352 g/mol. The minimum Gasteiger partial charge on any atom is -0.383 e. The number of nitrogen functional groups attached to an aromatic ring is 1. The van der Waals surface area contributed by atoms with Crippen LogP contribution in [0.5, 0.6) is 0 Å². The van der Waals surface area contributed by atoms with E-state index in [1.165, 1.54) is 12.8 Å². The van der Waals surface area contributed by atoms with Gasteiger partial charge >= 0.3 is 0 Å². The lowest BCUT2D eigenvalue weighted by atomic mass is 9.97. The van der Waals surface area contributed by atoms with Crippen molar-refractivity contribution in [1.29, 1.82) is 0 Å². The maximum absolute atomic E-state index is 12.4. The number of anilines is 1. The zero-order valence-electron chi connectivity index (χ0n) is 17.1. The second-order valence-corrected chi connectivity index (χ2v) is 8.13. The van der Waals surface area contributed by atoms with Gasteiger partial charge in [-0.2, -0.15) is 0 Å². The fourth-order valence-electron chi connectivity index (χ4n) is 3.65. The fraction of sp³-hybridized carbons (Fsp3) is 0.571. The maximum Gasteiger partial charge on any atom is 0.246 e. The number of amidine groups is 1. The van der Waals surface area contributed by atoms with Gasteiger partial charge in [-0.15, -0.1) is 0 Å². The second kappa shape index (κ2) is 8.73. The molecule has 1 saturated carbocycles. The number of rotatable bonds is 7. The molecule has 7 nitrogen and oxygen atoms in total. The van der Waals surface area contributed by atoms with Crippen molar-refractivity contribution < 1.29 is 4.79 Å². The summed E-state index contributed by atoms with van der Waals surface area (Å²) in [6.45, 7) is 6.28. The molecule has 1 saturated heterocycles. The fourth-order valence-corrected chi connectivity index (χ4v) is 3.65. The molecule has 0 bridgehead atoms. The summed E-state index contributed by atoms with van der Waals surface area (Å²) >= 11 is 0. The quantitative estimate of drug-likeness (QED) is 0.424. The van der Waals surface area contributed by atoms with Crippen LogP contribution in [0.4, 0.5) is 5.82 Å². The number of amides is 1. The van der Waals surface area contributed by atoms with E-state index in [4.69, 9.17) is 11.5 Å². The lowest BCUT2D eigenvalue weighted by Crippen LogP contribution is -2.29. The first kappa shape index (κ1) is 20.3. The third-order valence-corrected chi connectivity index (χ3v) is 5.51. The third kappa shape index (κ3) is 4.90. The first-order chi connectivity index (χ1) is 13.4. The third-order valence-electron chi connectivity index (χ3n) is 5.51. The van der Waals surface area contributed by atoms with Crippen LogP contribution >= 0.6 is 0 Å². The van der Waals surface area contributed by atoms with Crippen molar-refractivity contribution in [2.75, 3.05) is 32.4 Å². The van der Waals surface area contributed by atoms with Crippen LogP contribution in [0.25, 0.3) is 0 Å². The maximum atomic E-state index is 12.4. The molecular formula is C21H32N6O. The Balaban J connectivity index is 1.60. The highest BCUT2D eigenvalue weighted by atomic mass is 16.2. The molecule has 3 rings (SSSR count). The van der Waals surface area contributed by atoms with Crippen LogP contribution in [0.1, 0.15) is 50.2 Å². The van der Waals surface area contributed by atoms with Crippen LogP contribution in [-0.4, -0.2) is 65.3 Å². The number of carbonyl (C=O) groups is 1. The highest BCUT2D eigenvalue weighted by molar-refractivity contribution is 6.03. The predicted octanol–water partition coefficient (Wildman–Crippen LogP) is 1.74. The van der Waals surface area contributed by atoms with Gasteiger partial charge in [0.15, 0.2) is 0 Å². The number of aliphatic imine (C=N–C) groups is 1. The number of likely N-dealkylation sites (N-methyl/N-ethyl adjacent to an activating group) is 1. The molecule has 152 valence electrons. The molecule has 1 aliphatic heterocycles. The van der Waals surface area contributed by atoms with E-state index in [0.717, 1.165) is 24.1 Å². The summed E-state index contributed by atoms with van der Waals surface area (Å²) in [6.07, 6.45) is 8.68. The van der Waals surface area contributed by atoms with Gasteiger partial charge in [-0.3, -0.25) is 14.7 Å². The first-order valence-electron chi connectivity index (χ1n) is 10.1. The van der Waals surface area contributed by atoms with Crippen molar-refractivity contribution in [3.8, 4) is 0 Å². The molecule has 0 radical (unpaired) electrons.